The molecule has 2 rings (SSSR count). The van der Waals surface area contributed by atoms with Crippen molar-refractivity contribution in [3.63, 3.8) is 0 Å². The highest BCUT2D eigenvalue weighted by Gasteiger charge is 2.22. The Hall–Kier alpha value is -1.58. The van der Waals surface area contributed by atoms with Crippen LogP contribution in [0.15, 0.2) is 12.1 Å². The van der Waals surface area contributed by atoms with Crippen molar-refractivity contribution in [2.45, 2.75) is 40.5 Å². The molecule has 104 valence electrons. The van der Waals surface area contributed by atoms with Crippen LogP contribution in [-0.4, -0.2) is 24.0 Å². The lowest BCUT2D eigenvalue weighted by Gasteiger charge is -2.20. The molecule has 0 bridgehead atoms. The minimum atomic E-state index is -0.389. The first-order valence-corrected chi connectivity index (χ1v) is 6.92. The predicted octanol–water partition coefficient (Wildman–Crippen LogP) is 2.97. The molecule has 0 aliphatic carbocycles. The number of pyridine rings is 1. The third-order valence-corrected chi connectivity index (χ3v) is 3.43. The van der Waals surface area contributed by atoms with Crippen LogP contribution in [-0.2, 0) is 4.79 Å². The van der Waals surface area contributed by atoms with Crippen LogP contribution in [0.2, 0.25) is 0 Å². The van der Waals surface area contributed by atoms with Gasteiger partial charge in [-0.05, 0) is 31.9 Å². The van der Waals surface area contributed by atoms with Crippen molar-refractivity contribution < 1.29 is 4.79 Å². The van der Waals surface area contributed by atoms with Gasteiger partial charge in [-0.3, -0.25) is 4.79 Å². The molecule has 0 saturated carbocycles. The molecule has 0 aromatic carbocycles. The van der Waals surface area contributed by atoms with Crippen LogP contribution in [0.4, 0.5) is 11.5 Å². The maximum absolute atomic E-state index is 12.0. The molecule has 1 saturated heterocycles. The normalized spacial score (nSPS) is 15.7. The summed E-state index contributed by atoms with van der Waals surface area (Å²) in [5, 5.41) is 2.95. The fourth-order valence-electron chi connectivity index (χ4n) is 2.11. The van der Waals surface area contributed by atoms with Gasteiger partial charge in [0.2, 0.25) is 5.91 Å². The first-order chi connectivity index (χ1) is 8.88. The molecule has 1 aromatic heterocycles. The summed E-state index contributed by atoms with van der Waals surface area (Å²) < 4.78 is 0. The number of rotatable bonds is 2. The summed E-state index contributed by atoms with van der Waals surface area (Å²) in [6.45, 7) is 9.83. The monoisotopic (exact) mass is 261 g/mol. The van der Waals surface area contributed by atoms with Crippen molar-refractivity contribution in [3.05, 3.63) is 17.8 Å². The molecule has 1 aliphatic heterocycles. The van der Waals surface area contributed by atoms with E-state index in [0.717, 1.165) is 30.3 Å². The average Bonchev–Trinajstić information content (AvgIpc) is 2.84. The summed E-state index contributed by atoms with van der Waals surface area (Å²) in [5.74, 6) is 1.04. The minimum Gasteiger partial charge on any atom is -0.357 e. The molecule has 0 spiro atoms. The zero-order chi connectivity index (χ0) is 14.0. The number of aromatic nitrogens is 1. The lowest BCUT2D eigenvalue weighted by molar-refractivity contribution is -0.123. The highest BCUT2D eigenvalue weighted by molar-refractivity contribution is 5.95. The van der Waals surface area contributed by atoms with Gasteiger partial charge in [-0.15, -0.1) is 0 Å². The predicted molar refractivity (Wildman–Crippen MR) is 78.5 cm³/mol. The Morgan fingerprint density at radius 2 is 1.89 bits per heavy atom. The Morgan fingerprint density at radius 1 is 1.26 bits per heavy atom. The van der Waals surface area contributed by atoms with Gasteiger partial charge >= 0.3 is 0 Å². The third-order valence-electron chi connectivity index (χ3n) is 3.43. The molecule has 0 atom stereocenters. The molecule has 0 radical (unpaired) electrons. The van der Waals surface area contributed by atoms with Crippen molar-refractivity contribution in [2.75, 3.05) is 23.3 Å². The lowest BCUT2D eigenvalue weighted by atomic mass is 9.95. The van der Waals surface area contributed by atoms with Crippen molar-refractivity contribution in [1.29, 1.82) is 0 Å². The highest BCUT2D eigenvalue weighted by atomic mass is 16.2. The molecular formula is C15H23N3O. The Labute approximate surface area is 115 Å². The van der Waals surface area contributed by atoms with Gasteiger partial charge in [0.15, 0.2) is 0 Å². The zero-order valence-electron chi connectivity index (χ0n) is 12.3. The van der Waals surface area contributed by atoms with E-state index in [1.165, 1.54) is 12.8 Å². The van der Waals surface area contributed by atoms with Gasteiger partial charge < -0.3 is 10.2 Å². The van der Waals surface area contributed by atoms with Crippen LogP contribution < -0.4 is 10.2 Å². The second-order valence-corrected chi connectivity index (χ2v) is 6.20. The van der Waals surface area contributed by atoms with E-state index in [1.54, 1.807) is 0 Å². The van der Waals surface area contributed by atoms with Gasteiger partial charge in [-0.25, -0.2) is 4.98 Å². The van der Waals surface area contributed by atoms with E-state index in [4.69, 9.17) is 0 Å². The van der Waals surface area contributed by atoms with Crippen LogP contribution in [0.25, 0.3) is 0 Å². The van der Waals surface area contributed by atoms with Gasteiger partial charge in [0.05, 0.1) is 11.4 Å². The molecule has 4 heteroatoms. The Kier molecular flexibility index (Phi) is 3.78. The third kappa shape index (κ3) is 3.25. The van der Waals surface area contributed by atoms with Gasteiger partial charge in [0.1, 0.15) is 5.82 Å². The number of nitrogens with zero attached hydrogens (tertiary/aromatic N) is 2. The van der Waals surface area contributed by atoms with E-state index < -0.39 is 0 Å². The van der Waals surface area contributed by atoms with Crippen molar-refractivity contribution in [1.82, 2.24) is 4.98 Å². The maximum atomic E-state index is 12.0. The van der Waals surface area contributed by atoms with E-state index in [2.05, 4.69) is 15.2 Å². The Balaban J connectivity index is 2.13. The number of carbonyl (C=O) groups excluding carboxylic acids is 1. The van der Waals surface area contributed by atoms with E-state index in [1.807, 2.05) is 39.8 Å². The van der Waals surface area contributed by atoms with Crippen molar-refractivity contribution in [2.24, 2.45) is 5.41 Å². The number of amides is 1. The lowest BCUT2D eigenvalue weighted by Crippen LogP contribution is -2.28. The molecule has 1 aliphatic rings. The van der Waals surface area contributed by atoms with Crippen molar-refractivity contribution in [3.8, 4) is 0 Å². The topological polar surface area (TPSA) is 45.2 Å². The van der Waals surface area contributed by atoms with E-state index in [9.17, 15) is 4.79 Å². The summed E-state index contributed by atoms with van der Waals surface area (Å²) in [4.78, 5) is 18.9. The highest BCUT2D eigenvalue weighted by Crippen LogP contribution is 2.23. The van der Waals surface area contributed by atoms with Crippen LogP contribution >= 0.6 is 0 Å². The zero-order valence-corrected chi connectivity index (χ0v) is 12.3. The summed E-state index contributed by atoms with van der Waals surface area (Å²) in [6.07, 6.45) is 2.48. The fraction of sp³-hybridized carbons (Fsp3) is 0.600. The summed E-state index contributed by atoms with van der Waals surface area (Å²) in [6, 6.07) is 3.95. The van der Waals surface area contributed by atoms with Crippen LogP contribution in [0.1, 0.15) is 39.3 Å². The summed E-state index contributed by atoms with van der Waals surface area (Å²) in [5.41, 5.74) is 1.30. The minimum absolute atomic E-state index is 0.0197. The maximum Gasteiger partial charge on any atom is 0.229 e. The molecule has 1 N–H and O–H groups in total. The molecule has 1 fully saturated rings. The van der Waals surface area contributed by atoms with Crippen molar-refractivity contribution >= 4 is 17.4 Å². The number of aryl methyl sites for hydroxylation is 1. The fourth-order valence-corrected chi connectivity index (χ4v) is 2.11. The number of anilines is 2. The van der Waals surface area contributed by atoms with E-state index in [-0.39, 0.29) is 11.3 Å². The summed E-state index contributed by atoms with van der Waals surface area (Å²) in [7, 11) is 0. The second-order valence-electron chi connectivity index (χ2n) is 6.20. The molecule has 1 aromatic rings. The van der Waals surface area contributed by atoms with Gasteiger partial charge in [-0.1, -0.05) is 20.8 Å². The van der Waals surface area contributed by atoms with Crippen LogP contribution in [0.3, 0.4) is 0 Å². The number of hydrogen-bond acceptors (Lipinski definition) is 3. The molecule has 0 unspecified atom stereocenters. The Bertz CT molecular complexity index is 471. The van der Waals surface area contributed by atoms with Crippen LogP contribution in [0.5, 0.6) is 0 Å². The number of nitrogens with one attached hydrogen (secondary N) is 1. The molecule has 4 nitrogen and oxygen atoms in total. The SMILES string of the molecule is Cc1nc(N2CCCC2)ccc1NC(=O)C(C)(C)C. The number of carbonyl (C=O) groups is 1. The second kappa shape index (κ2) is 5.19. The molecule has 1 amide bonds. The van der Waals surface area contributed by atoms with E-state index in [0.29, 0.717) is 0 Å². The molecule has 2 heterocycles. The smallest absolute Gasteiger partial charge is 0.229 e. The first-order valence-electron chi connectivity index (χ1n) is 6.92. The quantitative estimate of drug-likeness (QED) is 0.890. The van der Waals surface area contributed by atoms with Gasteiger partial charge in [0.25, 0.3) is 0 Å². The van der Waals surface area contributed by atoms with Crippen LogP contribution in [0, 0.1) is 12.3 Å². The standard InChI is InChI=1S/C15H23N3O/c1-11-12(17-14(19)15(2,3)4)7-8-13(16-11)18-9-5-6-10-18/h7-8H,5-6,9-10H2,1-4H3,(H,17,19). The van der Waals surface area contributed by atoms with Gasteiger partial charge in [-0.2, -0.15) is 0 Å². The number of hydrogen-bond donors (Lipinski definition) is 1. The first kappa shape index (κ1) is 13.8. The molecular weight excluding hydrogens is 238 g/mol. The largest absolute Gasteiger partial charge is 0.357 e. The van der Waals surface area contributed by atoms with Gasteiger partial charge in [0, 0.05) is 18.5 Å². The van der Waals surface area contributed by atoms with E-state index >= 15 is 0 Å². The molecule has 19 heavy (non-hydrogen) atoms. The Morgan fingerprint density at radius 3 is 2.42 bits per heavy atom. The summed E-state index contributed by atoms with van der Waals surface area (Å²) >= 11 is 0. The average molecular weight is 261 g/mol.